The first-order chi connectivity index (χ1) is 13.1. The van der Waals surface area contributed by atoms with Crippen LogP contribution in [0.25, 0.3) is 11.1 Å². The predicted octanol–water partition coefficient (Wildman–Crippen LogP) is 1.14. The molecule has 8 heteroatoms. The Hall–Kier alpha value is -2.84. The Morgan fingerprint density at radius 3 is 2.89 bits per heavy atom. The fraction of sp³-hybridized carbons (Fsp3) is 0.368. The highest BCUT2D eigenvalue weighted by Gasteiger charge is 2.45. The van der Waals surface area contributed by atoms with Gasteiger partial charge < -0.3 is 29.5 Å². The molecule has 8 nitrogen and oxygen atoms in total. The second-order valence-corrected chi connectivity index (χ2v) is 6.50. The summed E-state index contributed by atoms with van der Waals surface area (Å²) in [5.41, 5.74) is 2.65. The largest absolute Gasteiger partial charge is 0.489 e. The average Bonchev–Trinajstić information content (AvgIpc) is 3.02. The van der Waals surface area contributed by atoms with Crippen LogP contribution in [-0.2, 0) is 9.53 Å². The van der Waals surface area contributed by atoms with Gasteiger partial charge in [-0.15, -0.1) is 0 Å². The van der Waals surface area contributed by atoms with Gasteiger partial charge in [0.1, 0.15) is 18.5 Å². The summed E-state index contributed by atoms with van der Waals surface area (Å²) in [6.07, 6.45) is 0.316. The number of aromatic nitrogens is 1. The third kappa shape index (κ3) is 3.29. The summed E-state index contributed by atoms with van der Waals surface area (Å²) in [6, 6.07) is 9.32. The smallest absolute Gasteiger partial charge is 0.238 e. The van der Waals surface area contributed by atoms with Crippen LogP contribution in [0.5, 0.6) is 11.6 Å². The molecule has 2 aliphatic heterocycles. The summed E-state index contributed by atoms with van der Waals surface area (Å²) in [7, 11) is 1.58. The summed E-state index contributed by atoms with van der Waals surface area (Å²) in [4.78, 5) is 17.2. The number of rotatable bonds is 4. The van der Waals surface area contributed by atoms with Crippen molar-refractivity contribution in [2.24, 2.45) is 0 Å². The lowest BCUT2D eigenvalue weighted by Gasteiger charge is -2.35. The van der Waals surface area contributed by atoms with Crippen LogP contribution in [0.1, 0.15) is 6.92 Å². The van der Waals surface area contributed by atoms with E-state index in [0.29, 0.717) is 24.8 Å². The number of hydrogen-bond donors (Lipinski definition) is 2. The maximum Gasteiger partial charge on any atom is 0.238 e. The second kappa shape index (κ2) is 7.05. The number of aliphatic hydroxyl groups is 1. The van der Waals surface area contributed by atoms with Crippen LogP contribution in [0.2, 0.25) is 0 Å². The lowest BCUT2D eigenvalue weighted by Crippen LogP contribution is -2.48. The van der Waals surface area contributed by atoms with Gasteiger partial charge >= 0.3 is 0 Å². The number of carbonyl (C=O) groups excluding carboxylic acids is 1. The molecule has 2 aliphatic rings. The van der Waals surface area contributed by atoms with Crippen LogP contribution in [0.4, 0.5) is 5.69 Å². The first-order valence-corrected chi connectivity index (χ1v) is 8.70. The van der Waals surface area contributed by atoms with Crippen molar-refractivity contribution in [1.82, 2.24) is 10.3 Å². The Morgan fingerprint density at radius 2 is 2.19 bits per heavy atom. The van der Waals surface area contributed by atoms with Crippen molar-refractivity contribution in [1.29, 1.82) is 0 Å². The highest BCUT2D eigenvalue weighted by molar-refractivity contribution is 5.73. The number of anilines is 1. The molecule has 0 bridgehead atoms. The van der Waals surface area contributed by atoms with Gasteiger partial charge in [-0.05, 0) is 23.8 Å². The van der Waals surface area contributed by atoms with E-state index in [1.165, 1.54) is 6.92 Å². The van der Waals surface area contributed by atoms with Gasteiger partial charge in [-0.2, -0.15) is 0 Å². The normalized spacial score (nSPS) is 23.2. The van der Waals surface area contributed by atoms with Gasteiger partial charge in [0.2, 0.25) is 18.2 Å². The SMILES string of the molecule is COc1ccc(-c2ccc3c(c2)OCC2C(CNC(C)=O)OC(O)N32)cn1. The van der Waals surface area contributed by atoms with Gasteiger partial charge in [-0.1, -0.05) is 6.07 Å². The standard InChI is InChI=1S/C19H21N3O5/c1-11(23)20-9-17-15-10-26-16-7-12(13-4-6-18(25-2)21-8-13)3-5-14(16)22(15)19(24)27-17/h3-8,15,17,19,24H,9-10H2,1-2H3,(H,20,23). The number of hydrogen-bond acceptors (Lipinski definition) is 7. The molecule has 1 saturated heterocycles. The summed E-state index contributed by atoms with van der Waals surface area (Å²) >= 11 is 0. The van der Waals surface area contributed by atoms with E-state index in [9.17, 15) is 9.90 Å². The minimum Gasteiger partial charge on any atom is -0.489 e. The molecule has 1 amide bonds. The maximum absolute atomic E-state index is 11.2. The molecule has 2 aromatic rings. The lowest BCUT2D eigenvalue weighted by molar-refractivity contribution is -0.121. The molecular formula is C19H21N3O5. The van der Waals surface area contributed by atoms with Gasteiger partial charge in [0.05, 0.1) is 18.8 Å². The number of amides is 1. The van der Waals surface area contributed by atoms with Crippen LogP contribution in [0.3, 0.4) is 0 Å². The molecule has 27 heavy (non-hydrogen) atoms. The Bertz CT molecular complexity index is 842. The van der Waals surface area contributed by atoms with E-state index < -0.39 is 6.41 Å². The van der Waals surface area contributed by atoms with Crippen molar-refractivity contribution in [3.8, 4) is 22.8 Å². The summed E-state index contributed by atoms with van der Waals surface area (Å²) < 4.78 is 16.6. The number of ether oxygens (including phenoxy) is 3. The minimum absolute atomic E-state index is 0.138. The molecule has 4 rings (SSSR count). The number of nitrogens with zero attached hydrogens (tertiary/aromatic N) is 2. The van der Waals surface area contributed by atoms with Crippen molar-refractivity contribution in [3.05, 3.63) is 36.5 Å². The zero-order valence-electron chi connectivity index (χ0n) is 15.1. The van der Waals surface area contributed by atoms with E-state index >= 15 is 0 Å². The van der Waals surface area contributed by atoms with E-state index in [-0.39, 0.29) is 18.1 Å². The van der Waals surface area contributed by atoms with Crippen LogP contribution >= 0.6 is 0 Å². The molecule has 2 N–H and O–H groups in total. The third-order valence-corrected chi connectivity index (χ3v) is 4.80. The molecule has 1 aromatic heterocycles. The Morgan fingerprint density at radius 1 is 1.37 bits per heavy atom. The van der Waals surface area contributed by atoms with Crippen molar-refractivity contribution in [3.63, 3.8) is 0 Å². The van der Waals surface area contributed by atoms with Crippen molar-refractivity contribution in [2.75, 3.05) is 25.2 Å². The number of pyridine rings is 1. The fourth-order valence-corrected chi connectivity index (χ4v) is 3.44. The minimum atomic E-state index is -1.08. The number of methoxy groups -OCH3 is 1. The maximum atomic E-state index is 11.2. The van der Waals surface area contributed by atoms with Crippen molar-refractivity contribution in [2.45, 2.75) is 25.5 Å². The van der Waals surface area contributed by atoms with E-state index in [2.05, 4.69) is 10.3 Å². The number of aliphatic hydroxyl groups excluding tert-OH is 1. The number of benzene rings is 1. The molecule has 0 aliphatic carbocycles. The molecule has 3 heterocycles. The molecule has 0 spiro atoms. The van der Waals surface area contributed by atoms with Crippen LogP contribution in [0, 0.1) is 0 Å². The molecule has 142 valence electrons. The van der Waals surface area contributed by atoms with Crippen LogP contribution in [0.15, 0.2) is 36.5 Å². The number of carbonyl (C=O) groups is 1. The fourth-order valence-electron chi connectivity index (χ4n) is 3.44. The Labute approximate surface area is 156 Å². The van der Waals surface area contributed by atoms with Gasteiger partial charge in [0, 0.05) is 31.3 Å². The van der Waals surface area contributed by atoms with E-state index in [0.717, 1.165) is 16.8 Å². The topological polar surface area (TPSA) is 93.2 Å². The number of nitrogens with one attached hydrogen (secondary N) is 1. The van der Waals surface area contributed by atoms with E-state index in [1.54, 1.807) is 24.3 Å². The second-order valence-electron chi connectivity index (χ2n) is 6.50. The van der Waals surface area contributed by atoms with E-state index in [4.69, 9.17) is 14.2 Å². The summed E-state index contributed by atoms with van der Waals surface area (Å²) in [6.45, 7) is 2.13. The third-order valence-electron chi connectivity index (χ3n) is 4.80. The molecule has 3 unspecified atom stereocenters. The lowest BCUT2D eigenvalue weighted by atomic mass is 10.0. The Balaban J connectivity index is 1.58. The van der Waals surface area contributed by atoms with Crippen LogP contribution in [-0.4, -0.2) is 54.8 Å². The highest BCUT2D eigenvalue weighted by Crippen LogP contribution is 2.41. The van der Waals surface area contributed by atoms with Crippen molar-refractivity contribution >= 4 is 11.6 Å². The molecular weight excluding hydrogens is 350 g/mol. The summed E-state index contributed by atoms with van der Waals surface area (Å²) in [5.74, 6) is 1.09. The zero-order chi connectivity index (χ0) is 19.0. The Kier molecular flexibility index (Phi) is 4.59. The summed E-state index contributed by atoms with van der Waals surface area (Å²) in [5, 5.41) is 13.1. The molecule has 1 aromatic carbocycles. The first kappa shape index (κ1) is 17.6. The number of fused-ring (bicyclic) bond motifs is 3. The average molecular weight is 371 g/mol. The van der Waals surface area contributed by atoms with Crippen LogP contribution < -0.4 is 19.7 Å². The molecule has 1 fully saturated rings. The zero-order valence-corrected chi connectivity index (χ0v) is 15.1. The van der Waals surface area contributed by atoms with Gasteiger partial charge in [-0.3, -0.25) is 4.79 Å². The monoisotopic (exact) mass is 371 g/mol. The first-order valence-electron chi connectivity index (χ1n) is 8.70. The van der Waals surface area contributed by atoms with Gasteiger partial charge in [0.15, 0.2) is 0 Å². The predicted molar refractivity (Wildman–Crippen MR) is 97.6 cm³/mol. The van der Waals surface area contributed by atoms with Gasteiger partial charge in [0.25, 0.3) is 0 Å². The molecule has 0 saturated carbocycles. The highest BCUT2D eigenvalue weighted by atomic mass is 16.6. The van der Waals surface area contributed by atoms with Gasteiger partial charge in [-0.25, -0.2) is 4.98 Å². The van der Waals surface area contributed by atoms with E-state index in [1.807, 2.05) is 24.3 Å². The molecule has 0 radical (unpaired) electrons. The van der Waals surface area contributed by atoms with Crippen molar-refractivity contribution < 1.29 is 24.1 Å². The quantitative estimate of drug-likeness (QED) is 0.832. The molecule has 3 atom stereocenters.